The Morgan fingerprint density at radius 2 is 2.21 bits per heavy atom. The first-order chi connectivity index (χ1) is 14.0. The highest BCUT2D eigenvalue weighted by molar-refractivity contribution is 5.75. The van der Waals surface area contributed by atoms with E-state index < -0.39 is 0 Å². The summed E-state index contributed by atoms with van der Waals surface area (Å²) in [5.41, 5.74) is 9.46. The average molecular weight is 391 g/mol. The van der Waals surface area contributed by atoms with Crippen molar-refractivity contribution in [2.45, 2.75) is 25.4 Å². The van der Waals surface area contributed by atoms with Gasteiger partial charge in [-0.05, 0) is 42.7 Å². The predicted octanol–water partition coefficient (Wildman–Crippen LogP) is 1.64. The van der Waals surface area contributed by atoms with Crippen molar-refractivity contribution in [2.75, 3.05) is 37.0 Å². The molecule has 0 unspecified atom stereocenters. The monoisotopic (exact) mass is 391 g/mol. The van der Waals surface area contributed by atoms with E-state index >= 15 is 0 Å². The molecule has 3 heterocycles. The van der Waals surface area contributed by atoms with E-state index in [1.165, 1.54) is 0 Å². The van der Waals surface area contributed by atoms with Crippen molar-refractivity contribution < 1.29 is 0 Å². The summed E-state index contributed by atoms with van der Waals surface area (Å²) in [6.07, 6.45) is 3.65. The van der Waals surface area contributed by atoms with Gasteiger partial charge in [-0.3, -0.25) is 9.36 Å². The summed E-state index contributed by atoms with van der Waals surface area (Å²) >= 11 is 0. The molecule has 8 nitrogen and oxygen atoms in total. The van der Waals surface area contributed by atoms with Crippen LogP contribution >= 0.6 is 0 Å². The van der Waals surface area contributed by atoms with Gasteiger partial charge in [-0.2, -0.15) is 5.26 Å². The Labute approximate surface area is 169 Å². The van der Waals surface area contributed by atoms with Crippen LogP contribution in [0.15, 0.2) is 35.3 Å². The van der Waals surface area contributed by atoms with Gasteiger partial charge >= 0.3 is 0 Å². The summed E-state index contributed by atoms with van der Waals surface area (Å²) in [6, 6.07) is 9.77. The number of hydrogen-bond acceptors (Lipinski definition) is 6. The van der Waals surface area contributed by atoms with Crippen molar-refractivity contribution in [3.8, 4) is 6.07 Å². The van der Waals surface area contributed by atoms with Crippen molar-refractivity contribution in [3.63, 3.8) is 0 Å². The molecule has 0 aliphatic carbocycles. The van der Waals surface area contributed by atoms with Crippen LogP contribution in [0.2, 0.25) is 0 Å². The van der Waals surface area contributed by atoms with Gasteiger partial charge in [-0.15, -0.1) is 0 Å². The van der Waals surface area contributed by atoms with Crippen LogP contribution in [-0.2, 0) is 6.54 Å². The zero-order valence-corrected chi connectivity index (χ0v) is 16.7. The van der Waals surface area contributed by atoms with E-state index in [9.17, 15) is 10.1 Å². The first-order valence-electron chi connectivity index (χ1n) is 9.76. The number of fused-ring (bicyclic) bond motifs is 1. The van der Waals surface area contributed by atoms with Gasteiger partial charge < -0.3 is 20.5 Å². The molecule has 1 aliphatic rings. The molecule has 0 spiro atoms. The van der Waals surface area contributed by atoms with Gasteiger partial charge in [0.2, 0.25) is 5.95 Å². The van der Waals surface area contributed by atoms with Crippen LogP contribution in [0.3, 0.4) is 0 Å². The molecular weight excluding hydrogens is 366 g/mol. The number of nitrogens with one attached hydrogen (secondary N) is 1. The molecule has 1 fully saturated rings. The van der Waals surface area contributed by atoms with Gasteiger partial charge in [0.25, 0.3) is 5.56 Å². The van der Waals surface area contributed by atoms with Crippen LogP contribution in [0.1, 0.15) is 24.0 Å². The van der Waals surface area contributed by atoms with Crippen LogP contribution in [0, 0.1) is 11.3 Å². The number of nitrogens with two attached hydrogens (primary N) is 1. The molecule has 2 aromatic heterocycles. The Morgan fingerprint density at radius 1 is 1.38 bits per heavy atom. The van der Waals surface area contributed by atoms with Crippen LogP contribution < -0.4 is 21.1 Å². The van der Waals surface area contributed by atoms with Gasteiger partial charge in [-0.1, -0.05) is 0 Å². The quantitative estimate of drug-likeness (QED) is 0.700. The third-order valence-electron chi connectivity index (χ3n) is 5.44. The highest BCUT2D eigenvalue weighted by Gasteiger charge is 2.23. The van der Waals surface area contributed by atoms with Gasteiger partial charge in [0, 0.05) is 45.1 Å². The van der Waals surface area contributed by atoms with Crippen molar-refractivity contribution in [3.05, 3.63) is 51.9 Å². The highest BCUT2D eigenvalue weighted by atomic mass is 16.1. The summed E-state index contributed by atoms with van der Waals surface area (Å²) in [5.74, 6) is 0.608. The molecule has 1 aromatic carbocycles. The van der Waals surface area contributed by atoms with E-state index in [0.29, 0.717) is 29.1 Å². The fourth-order valence-corrected chi connectivity index (χ4v) is 3.86. The van der Waals surface area contributed by atoms with Gasteiger partial charge in [-0.25, -0.2) is 4.98 Å². The topological polar surface area (TPSA) is 107 Å². The lowest BCUT2D eigenvalue weighted by atomic mass is 10.1. The van der Waals surface area contributed by atoms with E-state index in [1.54, 1.807) is 16.8 Å². The number of aromatic nitrogens is 3. The molecule has 29 heavy (non-hydrogen) atoms. The second-order valence-corrected chi connectivity index (χ2v) is 7.74. The SMILES string of the molecule is CN(C)c1ccc(C#N)c(Cn2c(N3CCC[C@@H](N)C3)nc3cc[nH]c3c2=O)c1. The summed E-state index contributed by atoms with van der Waals surface area (Å²) in [7, 11) is 3.90. The maximum Gasteiger partial charge on any atom is 0.279 e. The van der Waals surface area contributed by atoms with Crippen LogP contribution in [0.5, 0.6) is 0 Å². The molecule has 4 rings (SSSR count). The van der Waals surface area contributed by atoms with Crippen molar-refractivity contribution in [1.29, 1.82) is 5.26 Å². The molecule has 3 aromatic rings. The van der Waals surface area contributed by atoms with Gasteiger partial charge in [0.15, 0.2) is 0 Å². The second-order valence-electron chi connectivity index (χ2n) is 7.74. The first-order valence-corrected chi connectivity index (χ1v) is 9.76. The molecule has 3 N–H and O–H groups in total. The van der Waals surface area contributed by atoms with Crippen LogP contribution in [0.4, 0.5) is 11.6 Å². The molecule has 8 heteroatoms. The highest BCUT2D eigenvalue weighted by Crippen LogP contribution is 2.23. The van der Waals surface area contributed by atoms with E-state index in [4.69, 9.17) is 10.7 Å². The Morgan fingerprint density at radius 3 is 2.93 bits per heavy atom. The summed E-state index contributed by atoms with van der Waals surface area (Å²) in [5, 5.41) is 9.59. The molecule has 1 aliphatic heterocycles. The molecule has 150 valence electrons. The third-order valence-corrected chi connectivity index (χ3v) is 5.44. The van der Waals surface area contributed by atoms with Crippen LogP contribution in [-0.4, -0.2) is 47.8 Å². The number of aromatic amines is 1. The lowest BCUT2D eigenvalue weighted by molar-refractivity contribution is 0.492. The number of anilines is 2. The fraction of sp³-hybridized carbons (Fsp3) is 0.381. The second kappa shape index (κ2) is 7.60. The predicted molar refractivity (Wildman–Crippen MR) is 114 cm³/mol. The maximum absolute atomic E-state index is 13.3. The zero-order valence-electron chi connectivity index (χ0n) is 16.7. The third kappa shape index (κ3) is 3.57. The minimum absolute atomic E-state index is 0.0581. The number of benzene rings is 1. The Balaban J connectivity index is 1.86. The molecule has 0 amide bonds. The summed E-state index contributed by atoms with van der Waals surface area (Å²) in [6.45, 7) is 1.73. The normalized spacial score (nSPS) is 16.8. The molecule has 0 radical (unpaired) electrons. The number of piperidine rings is 1. The van der Waals surface area contributed by atoms with E-state index in [2.05, 4.69) is 16.0 Å². The molecule has 0 saturated carbocycles. The summed E-state index contributed by atoms with van der Waals surface area (Å²) < 4.78 is 1.66. The minimum Gasteiger partial charge on any atom is -0.378 e. The van der Waals surface area contributed by atoms with Crippen LogP contribution in [0.25, 0.3) is 11.0 Å². The molecule has 0 bridgehead atoms. The lowest BCUT2D eigenvalue weighted by Crippen LogP contribution is -2.45. The largest absolute Gasteiger partial charge is 0.378 e. The minimum atomic E-state index is -0.145. The first kappa shape index (κ1) is 19.0. The number of H-pyrrole nitrogens is 1. The average Bonchev–Trinajstić information content (AvgIpc) is 3.18. The number of hydrogen-bond donors (Lipinski definition) is 2. The van der Waals surface area contributed by atoms with Crippen molar-refractivity contribution >= 4 is 22.7 Å². The zero-order chi connectivity index (χ0) is 20.5. The van der Waals surface area contributed by atoms with E-state index in [0.717, 1.165) is 30.6 Å². The van der Waals surface area contributed by atoms with Gasteiger partial charge in [0.05, 0.1) is 23.7 Å². The maximum atomic E-state index is 13.3. The Kier molecular flexibility index (Phi) is 4.99. The number of nitriles is 1. The molecular formula is C21H25N7O. The fourth-order valence-electron chi connectivity index (χ4n) is 3.86. The molecule has 1 saturated heterocycles. The Hall–Kier alpha value is -3.31. The van der Waals surface area contributed by atoms with E-state index in [1.807, 2.05) is 37.2 Å². The lowest BCUT2D eigenvalue weighted by Gasteiger charge is -2.33. The Bertz CT molecular complexity index is 1140. The van der Waals surface area contributed by atoms with E-state index in [-0.39, 0.29) is 18.1 Å². The molecule has 1 atom stereocenters. The standard InChI is InChI=1S/C21H25N7O/c1-26(2)17-6-5-14(11-22)15(10-17)12-28-20(29)19-18(7-8-24-19)25-21(28)27-9-3-4-16(23)13-27/h5-8,10,16,24H,3-4,9,12-13,23H2,1-2H3/t16-/m1/s1. The number of nitrogens with zero attached hydrogens (tertiary/aromatic N) is 5. The summed E-state index contributed by atoms with van der Waals surface area (Å²) in [4.78, 5) is 25.1. The van der Waals surface area contributed by atoms with Gasteiger partial charge in [0.1, 0.15) is 5.52 Å². The van der Waals surface area contributed by atoms with Crippen molar-refractivity contribution in [2.24, 2.45) is 5.73 Å². The smallest absolute Gasteiger partial charge is 0.279 e. The van der Waals surface area contributed by atoms with Crippen molar-refractivity contribution in [1.82, 2.24) is 14.5 Å². The number of rotatable bonds is 4.